The number of hydrogen-bond donors (Lipinski definition) is 1. The van der Waals surface area contributed by atoms with Crippen LogP contribution in [-0.2, 0) is 0 Å². The van der Waals surface area contributed by atoms with Crippen molar-refractivity contribution in [2.24, 2.45) is 0 Å². The third-order valence-corrected chi connectivity index (χ3v) is 1.49. The summed E-state index contributed by atoms with van der Waals surface area (Å²) in [5.41, 5.74) is 2.33. The SMILES string of the molecule is C=C(C)CNc1cc(C)ccn1. The first-order valence-corrected chi connectivity index (χ1v) is 3.99. The second-order valence-corrected chi connectivity index (χ2v) is 3.03. The zero-order chi connectivity index (χ0) is 8.97. The van der Waals surface area contributed by atoms with Crippen molar-refractivity contribution < 1.29 is 0 Å². The molecule has 0 unspecified atom stereocenters. The van der Waals surface area contributed by atoms with Crippen LogP contribution in [0.15, 0.2) is 30.5 Å². The van der Waals surface area contributed by atoms with Gasteiger partial charge in [0.05, 0.1) is 0 Å². The van der Waals surface area contributed by atoms with Crippen molar-refractivity contribution >= 4 is 5.82 Å². The molecule has 0 fully saturated rings. The van der Waals surface area contributed by atoms with Crippen LogP contribution in [0.4, 0.5) is 5.82 Å². The Kier molecular flexibility index (Phi) is 2.86. The van der Waals surface area contributed by atoms with Crippen LogP contribution in [0.1, 0.15) is 12.5 Å². The van der Waals surface area contributed by atoms with Gasteiger partial charge in [0.25, 0.3) is 0 Å². The monoisotopic (exact) mass is 162 g/mol. The number of rotatable bonds is 3. The second kappa shape index (κ2) is 3.90. The van der Waals surface area contributed by atoms with Gasteiger partial charge in [0.15, 0.2) is 0 Å². The molecule has 0 aliphatic rings. The van der Waals surface area contributed by atoms with E-state index in [-0.39, 0.29) is 0 Å². The van der Waals surface area contributed by atoms with Crippen LogP contribution in [0.3, 0.4) is 0 Å². The fourth-order valence-corrected chi connectivity index (χ4v) is 0.874. The third kappa shape index (κ3) is 2.74. The zero-order valence-corrected chi connectivity index (χ0v) is 7.59. The number of pyridine rings is 1. The van der Waals surface area contributed by atoms with Gasteiger partial charge in [0, 0.05) is 12.7 Å². The molecule has 0 saturated carbocycles. The van der Waals surface area contributed by atoms with Gasteiger partial charge in [-0.3, -0.25) is 0 Å². The maximum Gasteiger partial charge on any atom is 0.126 e. The van der Waals surface area contributed by atoms with E-state index < -0.39 is 0 Å². The van der Waals surface area contributed by atoms with Crippen LogP contribution in [-0.4, -0.2) is 11.5 Å². The highest BCUT2D eigenvalue weighted by Gasteiger charge is 1.92. The van der Waals surface area contributed by atoms with E-state index in [1.165, 1.54) is 5.56 Å². The molecular weight excluding hydrogens is 148 g/mol. The molecule has 64 valence electrons. The van der Waals surface area contributed by atoms with Crippen molar-refractivity contribution in [2.75, 3.05) is 11.9 Å². The van der Waals surface area contributed by atoms with E-state index >= 15 is 0 Å². The first kappa shape index (κ1) is 8.78. The molecule has 12 heavy (non-hydrogen) atoms. The molecule has 2 heteroatoms. The van der Waals surface area contributed by atoms with Crippen LogP contribution >= 0.6 is 0 Å². The maximum atomic E-state index is 4.16. The lowest BCUT2D eigenvalue weighted by atomic mass is 10.3. The van der Waals surface area contributed by atoms with E-state index in [0.717, 1.165) is 17.9 Å². The lowest BCUT2D eigenvalue weighted by Crippen LogP contribution is -2.03. The van der Waals surface area contributed by atoms with E-state index in [4.69, 9.17) is 0 Å². The highest BCUT2D eigenvalue weighted by molar-refractivity contribution is 5.37. The van der Waals surface area contributed by atoms with Crippen LogP contribution in [0.5, 0.6) is 0 Å². The van der Waals surface area contributed by atoms with E-state index in [1.807, 2.05) is 26.0 Å². The fraction of sp³-hybridized carbons (Fsp3) is 0.300. The molecule has 0 aliphatic heterocycles. The molecule has 1 N–H and O–H groups in total. The first-order chi connectivity index (χ1) is 5.68. The normalized spacial score (nSPS) is 9.50. The van der Waals surface area contributed by atoms with Gasteiger partial charge in [-0.25, -0.2) is 4.98 Å². The van der Waals surface area contributed by atoms with E-state index in [0.29, 0.717) is 0 Å². The lowest BCUT2D eigenvalue weighted by molar-refractivity contribution is 1.16. The molecule has 0 spiro atoms. The predicted molar refractivity (Wildman–Crippen MR) is 52.3 cm³/mol. The lowest BCUT2D eigenvalue weighted by Gasteiger charge is -2.04. The summed E-state index contributed by atoms with van der Waals surface area (Å²) < 4.78 is 0. The molecule has 0 radical (unpaired) electrons. The summed E-state index contributed by atoms with van der Waals surface area (Å²) >= 11 is 0. The van der Waals surface area contributed by atoms with Crippen molar-refractivity contribution in [2.45, 2.75) is 13.8 Å². The maximum absolute atomic E-state index is 4.16. The van der Waals surface area contributed by atoms with Gasteiger partial charge in [-0.1, -0.05) is 12.2 Å². The summed E-state index contributed by atoms with van der Waals surface area (Å²) in [6.45, 7) is 8.63. The molecule has 1 heterocycles. The van der Waals surface area contributed by atoms with Crippen molar-refractivity contribution in [3.8, 4) is 0 Å². The molecule has 1 aromatic rings. The van der Waals surface area contributed by atoms with Crippen molar-refractivity contribution in [1.29, 1.82) is 0 Å². The Balaban J connectivity index is 2.57. The third-order valence-electron chi connectivity index (χ3n) is 1.49. The molecule has 0 aliphatic carbocycles. The highest BCUT2D eigenvalue weighted by atomic mass is 15.0. The number of anilines is 1. The van der Waals surface area contributed by atoms with Crippen molar-refractivity contribution in [1.82, 2.24) is 4.98 Å². The Bertz CT molecular complexity index is 279. The molecule has 0 amide bonds. The van der Waals surface area contributed by atoms with Gasteiger partial charge in [-0.15, -0.1) is 0 Å². The van der Waals surface area contributed by atoms with Crippen molar-refractivity contribution in [3.63, 3.8) is 0 Å². The number of nitrogens with zero attached hydrogens (tertiary/aromatic N) is 1. The number of hydrogen-bond acceptors (Lipinski definition) is 2. The van der Waals surface area contributed by atoms with Gasteiger partial charge in [0.1, 0.15) is 5.82 Å². The topological polar surface area (TPSA) is 24.9 Å². The first-order valence-electron chi connectivity index (χ1n) is 3.99. The summed E-state index contributed by atoms with van der Waals surface area (Å²) in [6, 6.07) is 3.99. The summed E-state index contributed by atoms with van der Waals surface area (Å²) in [5.74, 6) is 0.915. The quantitative estimate of drug-likeness (QED) is 0.690. The zero-order valence-electron chi connectivity index (χ0n) is 7.59. The Hall–Kier alpha value is -1.31. The molecule has 1 aromatic heterocycles. The van der Waals surface area contributed by atoms with Crippen LogP contribution in [0, 0.1) is 6.92 Å². The average molecular weight is 162 g/mol. The molecular formula is C10H14N2. The van der Waals surface area contributed by atoms with E-state index in [2.05, 4.69) is 16.9 Å². The van der Waals surface area contributed by atoms with Crippen molar-refractivity contribution in [3.05, 3.63) is 36.0 Å². The minimum Gasteiger partial charge on any atom is -0.366 e. The minimum atomic E-state index is 0.788. The highest BCUT2D eigenvalue weighted by Crippen LogP contribution is 2.05. The molecule has 2 nitrogen and oxygen atoms in total. The van der Waals surface area contributed by atoms with Gasteiger partial charge >= 0.3 is 0 Å². The summed E-state index contributed by atoms with van der Waals surface area (Å²) in [6.07, 6.45) is 1.80. The smallest absolute Gasteiger partial charge is 0.126 e. The average Bonchev–Trinajstić information content (AvgIpc) is 2.01. The second-order valence-electron chi connectivity index (χ2n) is 3.03. The largest absolute Gasteiger partial charge is 0.366 e. The summed E-state index contributed by atoms with van der Waals surface area (Å²) in [7, 11) is 0. The number of aromatic nitrogens is 1. The fourth-order valence-electron chi connectivity index (χ4n) is 0.874. The molecule has 1 rings (SSSR count). The van der Waals surface area contributed by atoms with Gasteiger partial charge in [0.2, 0.25) is 0 Å². The Morgan fingerprint density at radius 2 is 2.42 bits per heavy atom. The number of aryl methyl sites for hydroxylation is 1. The molecule has 0 aromatic carbocycles. The predicted octanol–water partition coefficient (Wildman–Crippen LogP) is 2.38. The Labute approximate surface area is 73.3 Å². The number of nitrogens with one attached hydrogen (secondary N) is 1. The Morgan fingerprint density at radius 1 is 1.67 bits per heavy atom. The van der Waals surface area contributed by atoms with E-state index in [9.17, 15) is 0 Å². The minimum absolute atomic E-state index is 0.788. The van der Waals surface area contributed by atoms with Crippen LogP contribution < -0.4 is 5.32 Å². The van der Waals surface area contributed by atoms with Gasteiger partial charge in [-0.2, -0.15) is 0 Å². The molecule has 0 saturated heterocycles. The van der Waals surface area contributed by atoms with Gasteiger partial charge in [-0.05, 0) is 31.5 Å². The molecule has 0 bridgehead atoms. The Morgan fingerprint density at radius 3 is 3.00 bits per heavy atom. The standard InChI is InChI=1S/C10H14N2/c1-8(2)7-12-10-6-9(3)4-5-11-10/h4-6H,1,7H2,2-3H3,(H,11,12). The van der Waals surface area contributed by atoms with E-state index in [1.54, 1.807) is 6.20 Å². The summed E-state index contributed by atoms with van der Waals surface area (Å²) in [4.78, 5) is 4.16. The van der Waals surface area contributed by atoms with Gasteiger partial charge < -0.3 is 5.32 Å². The summed E-state index contributed by atoms with van der Waals surface area (Å²) in [5, 5.41) is 3.17. The van der Waals surface area contributed by atoms with Crippen LogP contribution in [0.25, 0.3) is 0 Å². The van der Waals surface area contributed by atoms with Crippen LogP contribution in [0.2, 0.25) is 0 Å². The molecule has 0 atom stereocenters.